The minimum absolute atomic E-state index is 0.135. The molecule has 0 saturated heterocycles. The summed E-state index contributed by atoms with van der Waals surface area (Å²) in [5, 5.41) is 11.1. The first-order chi connectivity index (χ1) is 12.6. The third kappa shape index (κ3) is 12.2. The van der Waals surface area contributed by atoms with Crippen molar-refractivity contribution in [3.63, 3.8) is 0 Å². The number of hydroxylamine groups is 2. The summed E-state index contributed by atoms with van der Waals surface area (Å²) in [4.78, 5) is 35.8. The number of rotatable bonds is 12. The number of unbranched alkanes of at least 4 members (excludes halogenated alkanes) is 3. The lowest BCUT2D eigenvalue weighted by atomic mass is 10.0. The highest BCUT2D eigenvalue weighted by Gasteiger charge is 2.27. The van der Waals surface area contributed by atoms with Crippen molar-refractivity contribution in [2.45, 2.75) is 71.8 Å². The van der Waals surface area contributed by atoms with Crippen LogP contribution in [0.4, 0.5) is 4.79 Å². The maximum absolute atomic E-state index is 12.7. The Bertz CT molecular complexity index is 454. The molecule has 0 aliphatic rings. The van der Waals surface area contributed by atoms with E-state index in [1.807, 2.05) is 6.92 Å². The van der Waals surface area contributed by atoms with Gasteiger partial charge in [-0.25, -0.2) is 14.9 Å². The van der Waals surface area contributed by atoms with Crippen molar-refractivity contribution in [3.05, 3.63) is 0 Å². The first-order valence-electron chi connectivity index (χ1n) is 9.56. The molecule has 0 aliphatic heterocycles. The number of amides is 3. The van der Waals surface area contributed by atoms with Crippen molar-refractivity contribution in [1.82, 2.24) is 15.5 Å². The highest BCUT2D eigenvalue weighted by Crippen LogP contribution is 2.13. The zero-order valence-electron chi connectivity index (χ0n) is 17.1. The molecule has 9 nitrogen and oxygen atoms in total. The average molecular weight is 389 g/mol. The average Bonchev–Trinajstić information content (AvgIpc) is 2.58. The second kappa shape index (κ2) is 13.3. The van der Waals surface area contributed by atoms with Gasteiger partial charge in [0.25, 0.3) is 0 Å². The molecule has 4 N–H and O–H groups in total. The third-order valence-electron chi connectivity index (χ3n) is 3.75. The molecule has 158 valence electrons. The van der Waals surface area contributed by atoms with Crippen molar-refractivity contribution in [1.29, 1.82) is 0 Å². The molecule has 0 bridgehead atoms. The van der Waals surface area contributed by atoms with Gasteiger partial charge in [-0.2, -0.15) is 0 Å². The van der Waals surface area contributed by atoms with E-state index in [0.717, 1.165) is 24.3 Å². The standard InChI is InChI=1S/C18H36N4O5/c1-5-6-7-10-15(13-21(26)14-23)16(24)20-22(12-9-8-11-19)17(25)27-18(2,3)4/h14-15,26H,5-13,19H2,1-4H3,(H,20,24). The van der Waals surface area contributed by atoms with E-state index >= 15 is 0 Å². The lowest BCUT2D eigenvalue weighted by Crippen LogP contribution is -2.51. The van der Waals surface area contributed by atoms with Gasteiger partial charge in [0.2, 0.25) is 12.3 Å². The van der Waals surface area contributed by atoms with Gasteiger partial charge in [0.05, 0.1) is 12.5 Å². The van der Waals surface area contributed by atoms with Crippen LogP contribution in [0.15, 0.2) is 0 Å². The van der Waals surface area contributed by atoms with Gasteiger partial charge in [-0.15, -0.1) is 0 Å². The maximum Gasteiger partial charge on any atom is 0.429 e. The van der Waals surface area contributed by atoms with E-state index in [2.05, 4.69) is 5.43 Å². The van der Waals surface area contributed by atoms with Crippen LogP contribution in [0.5, 0.6) is 0 Å². The molecule has 0 aromatic rings. The van der Waals surface area contributed by atoms with Crippen LogP contribution in [0, 0.1) is 5.92 Å². The van der Waals surface area contributed by atoms with E-state index in [-0.39, 0.29) is 19.5 Å². The number of nitrogens with one attached hydrogen (secondary N) is 1. The molecule has 0 radical (unpaired) electrons. The first-order valence-corrected chi connectivity index (χ1v) is 9.56. The van der Waals surface area contributed by atoms with Gasteiger partial charge in [0.15, 0.2) is 0 Å². The van der Waals surface area contributed by atoms with Gasteiger partial charge >= 0.3 is 6.09 Å². The SMILES string of the molecule is CCCCCC(CN(O)C=O)C(=O)NN(CCCCN)C(=O)OC(C)(C)C. The first kappa shape index (κ1) is 25.1. The van der Waals surface area contributed by atoms with Gasteiger partial charge in [-0.1, -0.05) is 26.2 Å². The Balaban J connectivity index is 5.07. The Morgan fingerprint density at radius 2 is 1.89 bits per heavy atom. The molecular formula is C18H36N4O5. The number of nitrogens with zero attached hydrogens (tertiary/aromatic N) is 2. The molecule has 0 aromatic heterocycles. The topological polar surface area (TPSA) is 125 Å². The minimum Gasteiger partial charge on any atom is -0.442 e. The predicted molar refractivity (Wildman–Crippen MR) is 102 cm³/mol. The van der Waals surface area contributed by atoms with E-state index < -0.39 is 23.5 Å². The molecule has 1 unspecified atom stereocenters. The molecule has 9 heteroatoms. The maximum atomic E-state index is 12.7. The molecule has 0 aromatic carbocycles. The lowest BCUT2D eigenvalue weighted by Gasteiger charge is -2.29. The fraction of sp³-hybridized carbons (Fsp3) is 0.833. The van der Waals surface area contributed by atoms with Crippen LogP contribution in [0.3, 0.4) is 0 Å². The largest absolute Gasteiger partial charge is 0.442 e. The van der Waals surface area contributed by atoms with E-state index in [1.165, 1.54) is 0 Å². The van der Waals surface area contributed by atoms with Crippen LogP contribution in [-0.2, 0) is 14.3 Å². The van der Waals surface area contributed by atoms with Gasteiger partial charge in [-0.3, -0.25) is 20.2 Å². The van der Waals surface area contributed by atoms with Crippen LogP contribution < -0.4 is 11.2 Å². The van der Waals surface area contributed by atoms with Gasteiger partial charge in [-0.05, 0) is 46.6 Å². The number of hydrogen-bond donors (Lipinski definition) is 3. The minimum atomic E-state index is -0.701. The smallest absolute Gasteiger partial charge is 0.429 e. The quantitative estimate of drug-likeness (QED) is 0.203. The highest BCUT2D eigenvalue weighted by molar-refractivity contribution is 5.81. The second-order valence-corrected chi connectivity index (χ2v) is 7.52. The molecule has 0 heterocycles. The summed E-state index contributed by atoms with van der Waals surface area (Å²) in [6.07, 6.45) is 4.10. The predicted octanol–water partition coefficient (Wildman–Crippen LogP) is 2.04. The second-order valence-electron chi connectivity index (χ2n) is 7.52. The van der Waals surface area contributed by atoms with Gasteiger partial charge in [0, 0.05) is 6.54 Å². The van der Waals surface area contributed by atoms with E-state index in [4.69, 9.17) is 10.5 Å². The number of carbonyl (C=O) groups excluding carboxylic acids is 3. The Labute approximate surface area is 162 Å². The number of hydrazine groups is 1. The van der Waals surface area contributed by atoms with E-state index in [1.54, 1.807) is 20.8 Å². The summed E-state index contributed by atoms with van der Waals surface area (Å²) < 4.78 is 5.34. The highest BCUT2D eigenvalue weighted by atomic mass is 16.6. The third-order valence-corrected chi connectivity index (χ3v) is 3.75. The Morgan fingerprint density at radius 1 is 1.22 bits per heavy atom. The zero-order valence-corrected chi connectivity index (χ0v) is 17.1. The van der Waals surface area contributed by atoms with Crippen LogP contribution in [0.25, 0.3) is 0 Å². The Hall–Kier alpha value is -1.87. The number of hydrogen-bond acceptors (Lipinski definition) is 6. The lowest BCUT2D eigenvalue weighted by molar-refractivity contribution is -0.155. The van der Waals surface area contributed by atoms with Crippen LogP contribution in [0.2, 0.25) is 0 Å². The summed E-state index contributed by atoms with van der Waals surface area (Å²) in [5.41, 5.74) is 7.37. The number of ether oxygens (including phenoxy) is 1. The Morgan fingerprint density at radius 3 is 2.41 bits per heavy atom. The monoisotopic (exact) mass is 388 g/mol. The van der Waals surface area contributed by atoms with Crippen LogP contribution >= 0.6 is 0 Å². The molecule has 0 rings (SSSR count). The summed E-state index contributed by atoms with van der Waals surface area (Å²) in [6, 6.07) is 0. The van der Waals surface area contributed by atoms with Crippen molar-refractivity contribution in [2.24, 2.45) is 11.7 Å². The normalized spacial score (nSPS) is 12.2. The van der Waals surface area contributed by atoms with E-state index in [9.17, 15) is 19.6 Å². The Kier molecular flexibility index (Phi) is 12.4. The molecular weight excluding hydrogens is 352 g/mol. The molecule has 0 spiro atoms. The van der Waals surface area contributed by atoms with Crippen molar-refractivity contribution in [2.75, 3.05) is 19.6 Å². The zero-order chi connectivity index (χ0) is 20.9. The van der Waals surface area contributed by atoms with Crippen LogP contribution in [0.1, 0.15) is 66.2 Å². The van der Waals surface area contributed by atoms with Crippen molar-refractivity contribution in [3.8, 4) is 0 Å². The van der Waals surface area contributed by atoms with Gasteiger partial charge in [0.1, 0.15) is 5.60 Å². The number of nitrogens with two attached hydrogens (primary N) is 1. The molecule has 1 atom stereocenters. The summed E-state index contributed by atoms with van der Waals surface area (Å²) >= 11 is 0. The fourth-order valence-electron chi connectivity index (χ4n) is 2.36. The number of carbonyl (C=O) groups is 3. The molecule has 0 fully saturated rings. The molecule has 0 aliphatic carbocycles. The summed E-state index contributed by atoms with van der Waals surface area (Å²) in [5.74, 6) is -1.07. The molecule has 27 heavy (non-hydrogen) atoms. The van der Waals surface area contributed by atoms with Crippen molar-refractivity contribution >= 4 is 18.4 Å². The summed E-state index contributed by atoms with van der Waals surface area (Å²) in [7, 11) is 0. The molecule has 0 saturated carbocycles. The van der Waals surface area contributed by atoms with E-state index in [0.29, 0.717) is 30.9 Å². The van der Waals surface area contributed by atoms with Crippen molar-refractivity contribution < 1.29 is 24.3 Å². The van der Waals surface area contributed by atoms with Gasteiger partial charge < -0.3 is 10.5 Å². The van der Waals surface area contributed by atoms with Crippen LogP contribution in [-0.4, -0.2) is 58.9 Å². The fourth-order valence-corrected chi connectivity index (χ4v) is 2.36. The summed E-state index contributed by atoms with van der Waals surface area (Å²) in [6.45, 7) is 7.87. The molecule has 3 amide bonds.